The van der Waals surface area contributed by atoms with E-state index >= 15 is 0 Å². The summed E-state index contributed by atoms with van der Waals surface area (Å²) in [4.78, 5) is 5.72. The van der Waals surface area contributed by atoms with Crippen LogP contribution in [0.5, 0.6) is 0 Å². The molecule has 0 aliphatic carbocycles. The highest BCUT2D eigenvalue weighted by molar-refractivity contribution is 9.10. The first-order chi connectivity index (χ1) is 14.1. The molecule has 0 N–H and O–H groups in total. The summed E-state index contributed by atoms with van der Waals surface area (Å²) in [6.45, 7) is 5.75. The lowest BCUT2D eigenvalue weighted by molar-refractivity contribution is 0.117. The molecule has 2 aromatic carbocycles. The van der Waals surface area contributed by atoms with Crippen LogP contribution in [-0.4, -0.2) is 30.1 Å². The van der Waals surface area contributed by atoms with Gasteiger partial charge in [0.15, 0.2) is 0 Å². The van der Waals surface area contributed by atoms with Crippen molar-refractivity contribution < 1.29 is 4.74 Å². The van der Waals surface area contributed by atoms with E-state index in [0.29, 0.717) is 6.54 Å². The Bertz CT molecular complexity index is 1080. The van der Waals surface area contributed by atoms with E-state index in [4.69, 9.17) is 14.8 Å². The molecule has 1 aromatic heterocycles. The molecule has 1 fully saturated rings. The average Bonchev–Trinajstić information content (AvgIpc) is 3.36. The fraction of sp³-hybridized carbons (Fsp3) is 0.304. The van der Waals surface area contributed by atoms with Gasteiger partial charge in [-0.15, -0.1) is 11.3 Å². The van der Waals surface area contributed by atoms with Crippen molar-refractivity contribution in [3.05, 3.63) is 73.8 Å². The van der Waals surface area contributed by atoms with Crippen LogP contribution in [0.3, 0.4) is 0 Å². The Morgan fingerprint density at radius 1 is 1.21 bits per heavy atom. The number of aryl methyl sites for hydroxylation is 2. The van der Waals surface area contributed by atoms with Gasteiger partial charge in [-0.2, -0.15) is 5.10 Å². The zero-order valence-corrected chi connectivity index (χ0v) is 19.0. The molecule has 4 rings (SSSR count). The summed E-state index contributed by atoms with van der Waals surface area (Å²) in [6.07, 6.45) is 4.36. The number of thiazole rings is 1. The van der Waals surface area contributed by atoms with Crippen molar-refractivity contribution >= 4 is 33.5 Å². The minimum atomic E-state index is 0.227. The maximum atomic E-state index is 5.73. The maximum absolute atomic E-state index is 5.73. The minimum Gasteiger partial charge on any atom is -0.376 e. The summed E-state index contributed by atoms with van der Waals surface area (Å²) in [7, 11) is 0. The van der Waals surface area contributed by atoms with Crippen LogP contribution in [0.4, 0.5) is 0 Å². The molecule has 1 atom stereocenters. The molecule has 0 saturated carbocycles. The topological polar surface area (TPSA) is 38.9 Å². The molecule has 29 heavy (non-hydrogen) atoms. The molecule has 1 saturated heterocycles. The molecule has 3 aromatic rings. The van der Waals surface area contributed by atoms with Crippen molar-refractivity contribution in [3.8, 4) is 11.3 Å². The molecular formula is C23H24BrN3OS. The quantitative estimate of drug-likeness (QED) is 0.450. The van der Waals surface area contributed by atoms with Crippen LogP contribution < -0.4 is 4.80 Å². The van der Waals surface area contributed by atoms with Crippen LogP contribution >= 0.6 is 27.3 Å². The van der Waals surface area contributed by atoms with Gasteiger partial charge < -0.3 is 4.74 Å². The summed E-state index contributed by atoms with van der Waals surface area (Å²) < 4.78 is 8.74. The van der Waals surface area contributed by atoms with Gasteiger partial charge in [-0.25, -0.2) is 4.68 Å². The summed E-state index contributed by atoms with van der Waals surface area (Å²) in [5.41, 5.74) is 5.73. The van der Waals surface area contributed by atoms with Crippen LogP contribution in [0.15, 0.2) is 62.4 Å². The zero-order chi connectivity index (χ0) is 20.2. The predicted molar refractivity (Wildman–Crippen MR) is 124 cm³/mol. The third kappa shape index (κ3) is 4.94. The third-order valence-corrected chi connectivity index (χ3v) is 6.40. The van der Waals surface area contributed by atoms with E-state index in [1.165, 1.54) is 11.1 Å². The lowest BCUT2D eigenvalue weighted by atomic mass is 10.1. The van der Waals surface area contributed by atoms with Crippen molar-refractivity contribution in [1.82, 2.24) is 4.68 Å². The molecule has 1 aliphatic heterocycles. The SMILES string of the molecule is Cc1ccc(C=Nn2c(-c3ccc(Br)cc3)csc2=NCC2CCCO2)c(C)c1. The Morgan fingerprint density at radius 2 is 2.03 bits per heavy atom. The second-order valence-corrected chi connectivity index (χ2v) is 9.05. The summed E-state index contributed by atoms with van der Waals surface area (Å²) in [5.74, 6) is 0. The maximum Gasteiger partial charge on any atom is 0.206 e. The third-order valence-electron chi connectivity index (χ3n) is 5.02. The van der Waals surface area contributed by atoms with E-state index in [2.05, 4.69) is 65.5 Å². The first-order valence-corrected chi connectivity index (χ1v) is 11.5. The minimum absolute atomic E-state index is 0.227. The number of halogens is 1. The molecule has 0 bridgehead atoms. The van der Waals surface area contributed by atoms with Gasteiger partial charge in [0.2, 0.25) is 4.80 Å². The number of hydrogen-bond donors (Lipinski definition) is 0. The highest BCUT2D eigenvalue weighted by Gasteiger charge is 2.15. The molecule has 2 heterocycles. The average molecular weight is 470 g/mol. The Labute approximate surface area is 183 Å². The van der Waals surface area contributed by atoms with E-state index in [9.17, 15) is 0 Å². The van der Waals surface area contributed by atoms with Gasteiger partial charge >= 0.3 is 0 Å². The van der Waals surface area contributed by atoms with E-state index in [0.717, 1.165) is 45.5 Å². The van der Waals surface area contributed by atoms with Crippen molar-refractivity contribution in [2.75, 3.05) is 13.2 Å². The highest BCUT2D eigenvalue weighted by Crippen LogP contribution is 2.23. The molecule has 0 amide bonds. The second kappa shape index (κ2) is 9.20. The van der Waals surface area contributed by atoms with Crippen molar-refractivity contribution in [2.45, 2.75) is 32.8 Å². The van der Waals surface area contributed by atoms with Gasteiger partial charge in [-0.1, -0.05) is 51.8 Å². The standard InChI is InChI=1S/C23H24BrN3OS/c1-16-5-6-19(17(2)12-16)13-26-27-22(18-7-9-20(24)10-8-18)15-29-23(27)25-14-21-4-3-11-28-21/h5-10,12-13,15,21H,3-4,11,14H2,1-2H3. The largest absolute Gasteiger partial charge is 0.376 e. The molecule has 150 valence electrons. The predicted octanol–water partition coefficient (Wildman–Crippen LogP) is 5.56. The molecule has 4 nitrogen and oxygen atoms in total. The van der Waals surface area contributed by atoms with Gasteiger partial charge in [0, 0.05) is 22.0 Å². The van der Waals surface area contributed by atoms with Crippen LogP contribution in [0, 0.1) is 13.8 Å². The van der Waals surface area contributed by atoms with E-state index < -0.39 is 0 Å². The molecule has 0 spiro atoms. The Morgan fingerprint density at radius 3 is 2.76 bits per heavy atom. The number of ether oxygens (including phenoxy) is 1. The Kier molecular flexibility index (Phi) is 6.43. The molecule has 6 heteroatoms. The Balaban J connectivity index is 1.73. The van der Waals surface area contributed by atoms with Crippen LogP contribution in [0.25, 0.3) is 11.3 Å². The van der Waals surface area contributed by atoms with Crippen molar-refractivity contribution in [1.29, 1.82) is 0 Å². The summed E-state index contributed by atoms with van der Waals surface area (Å²) in [5, 5.41) is 6.95. The fourth-order valence-electron chi connectivity index (χ4n) is 3.40. The van der Waals surface area contributed by atoms with Gasteiger partial charge in [-0.3, -0.25) is 4.99 Å². The van der Waals surface area contributed by atoms with Gasteiger partial charge in [0.05, 0.1) is 24.6 Å². The van der Waals surface area contributed by atoms with Gasteiger partial charge in [0.1, 0.15) is 0 Å². The van der Waals surface area contributed by atoms with E-state index in [1.807, 2.05) is 23.0 Å². The molecule has 0 radical (unpaired) electrons. The zero-order valence-electron chi connectivity index (χ0n) is 16.6. The first-order valence-electron chi connectivity index (χ1n) is 9.80. The normalized spacial score (nSPS) is 17.5. The molecular weight excluding hydrogens is 446 g/mol. The lowest BCUT2D eigenvalue weighted by Gasteiger charge is -2.06. The van der Waals surface area contributed by atoms with Crippen LogP contribution in [0.1, 0.15) is 29.5 Å². The second-order valence-electron chi connectivity index (χ2n) is 7.30. The van der Waals surface area contributed by atoms with Gasteiger partial charge in [-0.05, 0) is 49.9 Å². The summed E-state index contributed by atoms with van der Waals surface area (Å²) >= 11 is 5.13. The lowest BCUT2D eigenvalue weighted by Crippen LogP contribution is -2.17. The number of benzene rings is 2. The molecule has 1 unspecified atom stereocenters. The summed E-state index contributed by atoms with van der Waals surface area (Å²) in [6, 6.07) is 14.7. The van der Waals surface area contributed by atoms with Crippen molar-refractivity contribution in [3.63, 3.8) is 0 Å². The number of rotatable bonds is 5. The van der Waals surface area contributed by atoms with E-state index in [-0.39, 0.29) is 6.10 Å². The smallest absolute Gasteiger partial charge is 0.206 e. The molecule has 1 aliphatic rings. The monoisotopic (exact) mass is 469 g/mol. The van der Waals surface area contributed by atoms with Crippen molar-refractivity contribution in [2.24, 2.45) is 10.1 Å². The Hall–Kier alpha value is -2.02. The fourth-order valence-corrected chi connectivity index (χ4v) is 4.51. The highest BCUT2D eigenvalue weighted by atomic mass is 79.9. The van der Waals surface area contributed by atoms with Crippen LogP contribution in [-0.2, 0) is 4.74 Å². The van der Waals surface area contributed by atoms with Gasteiger partial charge in [0.25, 0.3) is 0 Å². The number of nitrogens with zero attached hydrogens (tertiary/aromatic N) is 3. The number of hydrogen-bond acceptors (Lipinski definition) is 4. The number of aromatic nitrogens is 1. The first kappa shape index (κ1) is 20.3. The van der Waals surface area contributed by atoms with Crippen LogP contribution in [0.2, 0.25) is 0 Å². The van der Waals surface area contributed by atoms with E-state index in [1.54, 1.807) is 11.3 Å².